The maximum Gasteiger partial charge on any atom is 0.272 e. The van der Waals surface area contributed by atoms with Crippen LogP contribution in [0.4, 0.5) is 5.13 Å². The van der Waals surface area contributed by atoms with Gasteiger partial charge in [0.25, 0.3) is 5.91 Å². The van der Waals surface area contributed by atoms with Crippen LogP contribution in [0.25, 0.3) is 0 Å². The van der Waals surface area contributed by atoms with Crippen molar-refractivity contribution in [1.82, 2.24) is 19.7 Å². The molecule has 1 N–H and O–H groups in total. The molecule has 0 spiro atoms. The van der Waals surface area contributed by atoms with Crippen molar-refractivity contribution in [1.29, 1.82) is 0 Å². The summed E-state index contributed by atoms with van der Waals surface area (Å²) < 4.78 is 7.22. The van der Waals surface area contributed by atoms with Gasteiger partial charge in [0.1, 0.15) is 5.69 Å². The highest BCUT2D eigenvalue weighted by Crippen LogP contribution is 2.31. The van der Waals surface area contributed by atoms with Crippen molar-refractivity contribution in [2.45, 2.75) is 18.9 Å². The van der Waals surface area contributed by atoms with E-state index in [0.717, 1.165) is 23.3 Å². The molecule has 7 nitrogen and oxygen atoms in total. The van der Waals surface area contributed by atoms with Gasteiger partial charge in [0, 0.05) is 31.7 Å². The summed E-state index contributed by atoms with van der Waals surface area (Å²) in [6.07, 6.45) is 4.27. The molecule has 0 bridgehead atoms. The lowest BCUT2D eigenvalue weighted by molar-refractivity contribution is -0.00427. The summed E-state index contributed by atoms with van der Waals surface area (Å²) in [5.74, 6) is 0.780. The molecule has 0 radical (unpaired) electrons. The Kier molecular flexibility index (Phi) is 4.24. The van der Waals surface area contributed by atoms with Crippen molar-refractivity contribution < 1.29 is 9.53 Å². The maximum atomic E-state index is 12.9. The zero-order chi connectivity index (χ0) is 16.5. The van der Waals surface area contributed by atoms with Gasteiger partial charge in [-0.1, -0.05) is 0 Å². The van der Waals surface area contributed by atoms with Crippen molar-refractivity contribution in [3.63, 3.8) is 0 Å². The molecule has 0 aromatic carbocycles. The molecule has 1 atom stereocenters. The first-order valence-corrected chi connectivity index (χ1v) is 9.16. The van der Waals surface area contributed by atoms with Crippen LogP contribution in [0.15, 0.2) is 17.6 Å². The largest absolute Gasteiger partial charge is 0.377 e. The Bertz CT molecular complexity index is 724. The minimum Gasteiger partial charge on any atom is -0.377 e. The number of carbonyl (C=O) groups excluding carboxylic acids is 1. The van der Waals surface area contributed by atoms with Crippen LogP contribution in [0.3, 0.4) is 0 Å². The molecule has 2 aliphatic rings. The monoisotopic (exact) mass is 347 g/mol. The van der Waals surface area contributed by atoms with Crippen molar-refractivity contribution >= 4 is 22.4 Å². The van der Waals surface area contributed by atoms with Gasteiger partial charge >= 0.3 is 0 Å². The summed E-state index contributed by atoms with van der Waals surface area (Å²) in [6.45, 7) is 2.59. The summed E-state index contributed by atoms with van der Waals surface area (Å²) in [7, 11) is 1.78. The van der Waals surface area contributed by atoms with Gasteiger partial charge < -0.3 is 15.0 Å². The molecule has 4 rings (SSSR count). The number of aromatic nitrogens is 3. The van der Waals surface area contributed by atoms with Gasteiger partial charge in [-0.05, 0) is 24.8 Å². The molecular formula is C16H21N5O2S. The van der Waals surface area contributed by atoms with Crippen LogP contribution >= 0.6 is 11.3 Å². The van der Waals surface area contributed by atoms with Crippen LogP contribution in [0.2, 0.25) is 0 Å². The zero-order valence-corrected chi connectivity index (χ0v) is 14.5. The predicted molar refractivity (Wildman–Crippen MR) is 91.1 cm³/mol. The number of hydrogen-bond acceptors (Lipinski definition) is 6. The van der Waals surface area contributed by atoms with Crippen LogP contribution in [0.1, 0.15) is 35.1 Å². The Balaban J connectivity index is 1.51. The van der Waals surface area contributed by atoms with Crippen LogP contribution < -0.4 is 5.32 Å². The summed E-state index contributed by atoms with van der Waals surface area (Å²) in [5, 5.41) is 10.4. The molecule has 24 heavy (non-hydrogen) atoms. The molecule has 2 aromatic heterocycles. The van der Waals surface area contributed by atoms with Gasteiger partial charge in [0.2, 0.25) is 0 Å². The fourth-order valence-electron chi connectivity index (χ4n) is 2.90. The number of hydrogen-bond donors (Lipinski definition) is 1. The lowest BCUT2D eigenvalue weighted by Crippen LogP contribution is -2.44. The molecule has 1 amide bonds. The summed E-state index contributed by atoms with van der Waals surface area (Å²) in [4.78, 5) is 19.4. The zero-order valence-electron chi connectivity index (χ0n) is 13.6. The second kappa shape index (κ2) is 6.52. The summed E-state index contributed by atoms with van der Waals surface area (Å²) >= 11 is 1.59. The van der Waals surface area contributed by atoms with Crippen LogP contribution in [-0.4, -0.2) is 51.9 Å². The molecule has 1 saturated carbocycles. The van der Waals surface area contributed by atoms with Crippen molar-refractivity contribution in [2.75, 3.05) is 31.6 Å². The van der Waals surface area contributed by atoms with Gasteiger partial charge in [0.15, 0.2) is 5.13 Å². The first-order valence-electron chi connectivity index (χ1n) is 8.28. The van der Waals surface area contributed by atoms with E-state index in [1.165, 1.54) is 12.8 Å². The van der Waals surface area contributed by atoms with E-state index >= 15 is 0 Å². The number of carbonyl (C=O) groups is 1. The highest BCUT2D eigenvalue weighted by atomic mass is 32.1. The highest BCUT2D eigenvalue weighted by Gasteiger charge is 2.32. The molecule has 1 aliphatic heterocycles. The van der Waals surface area contributed by atoms with Crippen molar-refractivity contribution in [2.24, 2.45) is 13.0 Å². The van der Waals surface area contributed by atoms with Crippen molar-refractivity contribution in [3.05, 3.63) is 29.0 Å². The molecule has 1 saturated heterocycles. The van der Waals surface area contributed by atoms with Crippen LogP contribution in [-0.2, 0) is 11.8 Å². The van der Waals surface area contributed by atoms with E-state index in [2.05, 4.69) is 15.4 Å². The van der Waals surface area contributed by atoms with E-state index in [9.17, 15) is 4.79 Å². The summed E-state index contributed by atoms with van der Waals surface area (Å²) in [6, 6.07) is 1.60. The lowest BCUT2D eigenvalue weighted by atomic mass is 10.1. The second-order valence-corrected chi connectivity index (χ2v) is 7.19. The standard InChI is InChI=1S/C16H21N5O2S/c1-20-13(4-5-18-20)15(22)21-6-7-23-9-14(21)12-10-24-16(19-12)17-8-11-2-3-11/h4-5,10-11,14H,2-3,6-9H2,1H3,(H,17,19). The Morgan fingerprint density at radius 1 is 1.50 bits per heavy atom. The number of nitrogens with one attached hydrogen (secondary N) is 1. The van der Waals surface area contributed by atoms with E-state index in [-0.39, 0.29) is 11.9 Å². The topological polar surface area (TPSA) is 72.3 Å². The number of rotatable bonds is 5. The second-order valence-electron chi connectivity index (χ2n) is 6.33. The summed E-state index contributed by atoms with van der Waals surface area (Å²) in [5.41, 5.74) is 1.48. The lowest BCUT2D eigenvalue weighted by Gasteiger charge is -2.34. The minimum atomic E-state index is -0.145. The normalized spacial score (nSPS) is 21.0. The first kappa shape index (κ1) is 15.6. The third kappa shape index (κ3) is 3.16. The Morgan fingerprint density at radius 3 is 3.12 bits per heavy atom. The molecule has 1 aliphatic carbocycles. The van der Waals surface area contributed by atoms with E-state index in [1.807, 2.05) is 10.3 Å². The fourth-order valence-corrected chi connectivity index (χ4v) is 3.66. The van der Waals surface area contributed by atoms with E-state index < -0.39 is 0 Å². The molecule has 3 heterocycles. The van der Waals surface area contributed by atoms with Crippen molar-refractivity contribution in [3.8, 4) is 0 Å². The maximum absolute atomic E-state index is 12.9. The number of ether oxygens (including phenoxy) is 1. The number of amides is 1. The first-order chi connectivity index (χ1) is 11.7. The van der Waals surface area contributed by atoms with Gasteiger partial charge in [-0.3, -0.25) is 9.48 Å². The van der Waals surface area contributed by atoms with Crippen LogP contribution in [0, 0.1) is 5.92 Å². The Labute approximate surface area is 144 Å². The smallest absolute Gasteiger partial charge is 0.272 e. The quantitative estimate of drug-likeness (QED) is 0.894. The molecule has 2 aromatic rings. The van der Waals surface area contributed by atoms with E-state index in [1.54, 1.807) is 35.3 Å². The molecule has 8 heteroatoms. The fraction of sp³-hybridized carbons (Fsp3) is 0.562. The number of aryl methyl sites for hydroxylation is 1. The molecular weight excluding hydrogens is 326 g/mol. The van der Waals surface area contributed by atoms with Gasteiger partial charge in [-0.15, -0.1) is 11.3 Å². The van der Waals surface area contributed by atoms with Gasteiger partial charge in [-0.2, -0.15) is 5.10 Å². The van der Waals surface area contributed by atoms with Gasteiger partial charge in [-0.25, -0.2) is 4.98 Å². The number of nitrogens with zero attached hydrogens (tertiary/aromatic N) is 4. The van der Waals surface area contributed by atoms with Crippen LogP contribution in [0.5, 0.6) is 0 Å². The predicted octanol–water partition coefficient (Wildman–Crippen LogP) is 1.91. The Hall–Kier alpha value is -1.93. The average Bonchev–Trinajstić information content (AvgIpc) is 3.14. The Morgan fingerprint density at radius 2 is 2.38 bits per heavy atom. The minimum absolute atomic E-state index is 0.0243. The van der Waals surface area contributed by atoms with E-state index in [0.29, 0.717) is 25.5 Å². The molecule has 1 unspecified atom stereocenters. The number of morpholine rings is 1. The average molecular weight is 347 g/mol. The number of anilines is 1. The SMILES string of the molecule is Cn1nccc1C(=O)N1CCOCC1c1csc(NCC2CC2)n1. The van der Waals surface area contributed by atoms with E-state index in [4.69, 9.17) is 4.74 Å². The highest BCUT2D eigenvalue weighted by molar-refractivity contribution is 7.13. The third-order valence-electron chi connectivity index (χ3n) is 4.53. The molecule has 2 fully saturated rings. The third-order valence-corrected chi connectivity index (χ3v) is 5.35. The number of thiazole rings is 1. The van der Waals surface area contributed by atoms with Gasteiger partial charge in [0.05, 0.1) is 24.9 Å². The molecule has 128 valence electrons.